The van der Waals surface area contributed by atoms with E-state index < -0.39 is 22.5 Å². The summed E-state index contributed by atoms with van der Waals surface area (Å²) in [7, 11) is 2.61. The Morgan fingerprint density at radius 3 is 2.37 bits per heavy atom. The average Bonchev–Trinajstić information content (AvgIpc) is 2.68. The van der Waals surface area contributed by atoms with Crippen LogP contribution in [0.15, 0.2) is 36.4 Å². The van der Waals surface area contributed by atoms with Crippen LogP contribution < -0.4 is 14.8 Å². The van der Waals surface area contributed by atoms with E-state index in [-0.39, 0.29) is 11.1 Å². The van der Waals surface area contributed by atoms with E-state index in [0.717, 1.165) is 19.2 Å². The molecule has 0 aliphatic carbocycles. The molecule has 142 valence electrons. The summed E-state index contributed by atoms with van der Waals surface area (Å²) in [5.41, 5.74) is -0.155. The van der Waals surface area contributed by atoms with Crippen LogP contribution in [0.3, 0.4) is 0 Å². The third kappa shape index (κ3) is 4.72. The fourth-order valence-corrected chi connectivity index (χ4v) is 2.31. The zero-order chi connectivity index (χ0) is 20.0. The predicted octanol–water partition coefficient (Wildman–Crippen LogP) is 3.04. The Kier molecular flexibility index (Phi) is 6.32. The Bertz CT molecular complexity index is 880. The monoisotopic (exact) mass is 374 g/mol. The molecule has 1 N–H and O–H groups in total. The summed E-state index contributed by atoms with van der Waals surface area (Å²) < 4.78 is 15.2. The fourth-order valence-electron chi connectivity index (χ4n) is 2.31. The van der Waals surface area contributed by atoms with E-state index in [1.807, 2.05) is 6.92 Å². The van der Waals surface area contributed by atoms with Gasteiger partial charge in [0.25, 0.3) is 11.6 Å². The first-order valence-corrected chi connectivity index (χ1v) is 7.89. The van der Waals surface area contributed by atoms with Crippen molar-refractivity contribution in [1.29, 1.82) is 0 Å². The molecule has 0 radical (unpaired) electrons. The van der Waals surface area contributed by atoms with Crippen molar-refractivity contribution < 1.29 is 28.7 Å². The van der Waals surface area contributed by atoms with E-state index in [4.69, 9.17) is 9.47 Å². The van der Waals surface area contributed by atoms with E-state index in [0.29, 0.717) is 23.8 Å². The molecule has 0 heterocycles. The van der Waals surface area contributed by atoms with Gasteiger partial charge in [-0.3, -0.25) is 14.9 Å². The lowest BCUT2D eigenvalue weighted by molar-refractivity contribution is -0.384. The van der Waals surface area contributed by atoms with Crippen molar-refractivity contribution in [3.8, 4) is 11.5 Å². The highest BCUT2D eigenvalue weighted by molar-refractivity contribution is 6.06. The molecule has 0 bridgehead atoms. The summed E-state index contributed by atoms with van der Waals surface area (Å²) >= 11 is 0. The van der Waals surface area contributed by atoms with Crippen molar-refractivity contribution in [2.75, 3.05) is 26.1 Å². The van der Waals surface area contributed by atoms with Crippen molar-refractivity contribution >= 4 is 23.3 Å². The van der Waals surface area contributed by atoms with Gasteiger partial charge in [-0.25, -0.2) is 4.79 Å². The molecule has 0 aliphatic heterocycles. The number of anilines is 1. The van der Waals surface area contributed by atoms with Gasteiger partial charge in [0, 0.05) is 29.4 Å². The fraction of sp³-hybridized carbons (Fsp3) is 0.222. The normalized spacial score (nSPS) is 10.0. The molecular weight excluding hydrogens is 356 g/mol. The third-order valence-electron chi connectivity index (χ3n) is 3.53. The molecule has 0 aromatic heterocycles. The number of non-ortho nitro benzene ring substituents is 1. The van der Waals surface area contributed by atoms with Gasteiger partial charge in [0.2, 0.25) is 0 Å². The molecule has 2 aromatic rings. The maximum atomic E-state index is 12.5. The van der Waals surface area contributed by atoms with Crippen LogP contribution in [-0.4, -0.2) is 37.6 Å². The molecule has 9 heteroatoms. The minimum Gasteiger partial charge on any atom is -0.493 e. The number of esters is 1. The molecule has 0 fully saturated rings. The number of ether oxygens (including phenoxy) is 3. The highest BCUT2D eigenvalue weighted by Crippen LogP contribution is 2.30. The minimum absolute atomic E-state index is 0.0579. The van der Waals surface area contributed by atoms with Crippen LogP contribution >= 0.6 is 0 Å². The van der Waals surface area contributed by atoms with Crippen molar-refractivity contribution in [2.24, 2.45) is 0 Å². The summed E-state index contributed by atoms with van der Waals surface area (Å²) in [5, 5.41) is 13.7. The molecule has 1 amide bonds. The zero-order valence-electron chi connectivity index (χ0n) is 15.0. The lowest BCUT2D eigenvalue weighted by Crippen LogP contribution is -2.14. The van der Waals surface area contributed by atoms with Crippen LogP contribution in [0.25, 0.3) is 0 Å². The Balaban J connectivity index is 2.33. The second-order valence-electron chi connectivity index (χ2n) is 5.27. The van der Waals surface area contributed by atoms with Gasteiger partial charge in [0.1, 0.15) is 0 Å². The number of rotatable bonds is 7. The van der Waals surface area contributed by atoms with Crippen LogP contribution in [0, 0.1) is 10.1 Å². The van der Waals surface area contributed by atoms with Gasteiger partial charge in [-0.05, 0) is 25.1 Å². The second kappa shape index (κ2) is 8.65. The van der Waals surface area contributed by atoms with Gasteiger partial charge in [-0.2, -0.15) is 0 Å². The van der Waals surface area contributed by atoms with Gasteiger partial charge >= 0.3 is 5.97 Å². The first kappa shape index (κ1) is 19.7. The topological polar surface area (TPSA) is 117 Å². The number of nitrogens with zero attached hydrogens (tertiary/aromatic N) is 1. The number of hydrogen-bond acceptors (Lipinski definition) is 7. The first-order chi connectivity index (χ1) is 12.9. The van der Waals surface area contributed by atoms with Crippen LogP contribution in [0.4, 0.5) is 11.4 Å². The molecular formula is C18H18N2O7. The lowest BCUT2D eigenvalue weighted by atomic mass is 10.1. The van der Waals surface area contributed by atoms with E-state index >= 15 is 0 Å². The molecule has 0 atom stereocenters. The van der Waals surface area contributed by atoms with Crippen molar-refractivity contribution in [2.45, 2.75) is 6.92 Å². The van der Waals surface area contributed by atoms with E-state index in [1.54, 1.807) is 18.2 Å². The molecule has 0 saturated heterocycles. The SMILES string of the molecule is CCOc1ccc(NC(=O)c2cc(C(=O)OC)cc([N+](=O)[O-])c2)cc1OC. The Morgan fingerprint density at radius 2 is 1.78 bits per heavy atom. The Morgan fingerprint density at radius 1 is 1.07 bits per heavy atom. The van der Waals surface area contributed by atoms with Crippen LogP contribution in [0.2, 0.25) is 0 Å². The highest BCUT2D eigenvalue weighted by Gasteiger charge is 2.19. The number of carbonyl (C=O) groups is 2. The summed E-state index contributed by atoms with van der Waals surface area (Å²) in [6.07, 6.45) is 0. The smallest absolute Gasteiger partial charge is 0.338 e. The quantitative estimate of drug-likeness (QED) is 0.450. The van der Waals surface area contributed by atoms with Gasteiger partial charge in [-0.15, -0.1) is 0 Å². The highest BCUT2D eigenvalue weighted by atomic mass is 16.6. The molecule has 0 aliphatic rings. The number of hydrogen-bond donors (Lipinski definition) is 1. The van der Waals surface area contributed by atoms with Gasteiger partial charge in [-0.1, -0.05) is 0 Å². The molecule has 2 rings (SSSR count). The Labute approximate surface area is 155 Å². The summed E-state index contributed by atoms with van der Waals surface area (Å²) in [4.78, 5) is 34.6. The van der Waals surface area contributed by atoms with E-state index in [2.05, 4.69) is 10.1 Å². The molecule has 0 saturated carbocycles. The van der Waals surface area contributed by atoms with Crippen molar-refractivity contribution in [3.63, 3.8) is 0 Å². The van der Waals surface area contributed by atoms with E-state index in [1.165, 1.54) is 13.2 Å². The van der Waals surface area contributed by atoms with Crippen LogP contribution in [0.1, 0.15) is 27.6 Å². The van der Waals surface area contributed by atoms with Crippen molar-refractivity contribution in [1.82, 2.24) is 0 Å². The minimum atomic E-state index is -0.782. The Hall–Kier alpha value is -3.62. The largest absolute Gasteiger partial charge is 0.493 e. The number of nitro benzene ring substituents is 1. The molecule has 27 heavy (non-hydrogen) atoms. The van der Waals surface area contributed by atoms with Crippen LogP contribution in [-0.2, 0) is 4.74 Å². The maximum absolute atomic E-state index is 12.5. The standard InChI is InChI=1S/C18H18N2O7/c1-4-27-15-6-5-13(10-16(15)25-2)19-17(21)11-7-12(18(22)26-3)9-14(8-11)20(23)24/h5-10H,4H2,1-3H3,(H,19,21). The summed E-state index contributed by atoms with van der Waals surface area (Å²) in [6.45, 7) is 2.28. The molecule has 0 spiro atoms. The number of carbonyl (C=O) groups excluding carboxylic acids is 2. The molecule has 2 aromatic carbocycles. The molecule has 9 nitrogen and oxygen atoms in total. The summed E-state index contributed by atoms with van der Waals surface area (Å²) in [5.74, 6) is -0.476. The van der Waals surface area contributed by atoms with Crippen molar-refractivity contribution in [3.05, 3.63) is 57.6 Å². The van der Waals surface area contributed by atoms with Gasteiger partial charge in [0.05, 0.1) is 31.3 Å². The third-order valence-corrected chi connectivity index (χ3v) is 3.53. The predicted molar refractivity (Wildman–Crippen MR) is 96.6 cm³/mol. The number of methoxy groups -OCH3 is 2. The van der Waals surface area contributed by atoms with E-state index in [9.17, 15) is 19.7 Å². The first-order valence-electron chi connectivity index (χ1n) is 7.89. The second-order valence-corrected chi connectivity index (χ2v) is 5.27. The number of nitro groups is 1. The van der Waals surface area contributed by atoms with Gasteiger partial charge in [0.15, 0.2) is 11.5 Å². The lowest BCUT2D eigenvalue weighted by Gasteiger charge is -2.12. The number of benzene rings is 2. The number of nitrogens with one attached hydrogen (secondary N) is 1. The maximum Gasteiger partial charge on any atom is 0.338 e. The van der Waals surface area contributed by atoms with Crippen LogP contribution in [0.5, 0.6) is 11.5 Å². The van der Waals surface area contributed by atoms with Gasteiger partial charge < -0.3 is 19.5 Å². The summed E-state index contributed by atoms with van der Waals surface area (Å²) in [6, 6.07) is 8.13. The zero-order valence-corrected chi connectivity index (χ0v) is 15.0. The number of amides is 1. The molecule has 0 unspecified atom stereocenters. The average molecular weight is 374 g/mol.